The van der Waals surface area contributed by atoms with Crippen LogP contribution in [0.1, 0.15) is 17.0 Å². The first-order chi connectivity index (χ1) is 9.65. The maximum atomic E-state index is 11.6. The van der Waals surface area contributed by atoms with Gasteiger partial charge >= 0.3 is 5.97 Å². The number of aromatic nitrogens is 2. The van der Waals surface area contributed by atoms with Crippen molar-refractivity contribution in [1.29, 1.82) is 0 Å². The predicted molar refractivity (Wildman–Crippen MR) is 69.5 cm³/mol. The number of imidazole rings is 1. The van der Waals surface area contributed by atoms with E-state index < -0.39 is 18.2 Å². The average Bonchev–Trinajstić information content (AvgIpc) is 3.04. The number of nitrogens with zero attached hydrogens (tertiary/aromatic N) is 2. The number of carboxylic acids is 1. The Morgan fingerprint density at radius 2 is 2.20 bits per heavy atom. The quantitative estimate of drug-likeness (QED) is 0.580. The molecule has 0 saturated heterocycles. The number of pyridine rings is 1. The summed E-state index contributed by atoms with van der Waals surface area (Å²) < 4.78 is 7.00. The second-order valence-corrected chi connectivity index (χ2v) is 4.27. The van der Waals surface area contributed by atoms with E-state index in [9.17, 15) is 9.59 Å². The molecule has 0 atom stereocenters. The second-order valence-electron chi connectivity index (χ2n) is 4.27. The Morgan fingerprint density at radius 1 is 1.35 bits per heavy atom. The van der Waals surface area contributed by atoms with E-state index in [1.165, 1.54) is 12.3 Å². The van der Waals surface area contributed by atoms with Crippen LogP contribution in [-0.4, -0.2) is 26.2 Å². The van der Waals surface area contributed by atoms with E-state index in [1.807, 2.05) is 28.8 Å². The number of hydrogen-bond donors (Lipinski definition) is 1. The van der Waals surface area contributed by atoms with Crippen molar-refractivity contribution in [1.82, 2.24) is 9.38 Å². The van der Waals surface area contributed by atoms with Gasteiger partial charge in [0.1, 0.15) is 18.3 Å². The molecule has 0 amide bonds. The second kappa shape index (κ2) is 4.65. The number of ketones is 1. The van der Waals surface area contributed by atoms with Gasteiger partial charge in [-0.2, -0.15) is 0 Å². The highest BCUT2D eigenvalue weighted by Gasteiger charge is 2.16. The third kappa shape index (κ3) is 2.07. The Balaban J connectivity index is 1.98. The summed E-state index contributed by atoms with van der Waals surface area (Å²) >= 11 is 0. The lowest BCUT2D eigenvalue weighted by atomic mass is 10.2. The number of fused-ring (bicyclic) bond motifs is 1. The molecule has 20 heavy (non-hydrogen) atoms. The predicted octanol–water partition coefficient (Wildman–Crippen LogP) is 2.25. The van der Waals surface area contributed by atoms with Crippen LogP contribution in [0.5, 0.6) is 0 Å². The topological polar surface area (TPSA) is 84.8 Å². The monoisotopic (exact) mass is 270 g/mol. The van der Waals surface area contributed by atoms with Crippen molar-refractivity contribution in [2.75, 3.05) is 0 Å². The van der Waals surface area contributed by atoms with Crippen molar-refractivity contribution < 1.29 is 19.1 Å². The number of carbonyl (C=O) groups is 2. The maximum absolute atomic E-state index is 11.6. The molecule has 3 aromatic rings. The van der Waals surface area contributed by atoms with Gasteiger partial charge in [0.2, 0.25) is 5.78 Å². The van der Waals surface area contributed by atoms with E-state index in [4.69, 9.17) is 9.52 Å². The number of hydrogen-bond acceptors (Lipinski definition) is 4. The molecule has 0 aliphatic rings. The van der Waals surface area contributed by atoms with Crippen molar-refractivity contribution in [2.45, 2.75) is 6.42 Å². The SMILES string of the molecule is O=C(O)CC(=O)c1cc(-c2cnc3ccccn23)co1. The molecule has 1 N–H and O–H groups in total. The summed E-state index contributed by atoms with van der Waals surface area (Å²) in [6.45, 7) is 0. The standard InChI is InChI=1S/C14H10N2O4/c17-11(6-14(18)19)12-5-9(8-20-12)10-7-15-13-3-1-2-4-16(10)13/h1-5,7-8H,6H2,(H,18,19). The van der Waals surface area contributed by atoms with Crippen LogP contribution in [0.4, 0.5) is 0 Å². The highest BCUT2D eigenvalue weighted by atomic mass is 16.4. The zero-order valence-corrected chi connectivity index (χ0v) is 10.3. The molecule has 6 nitrogen and oxygen atoms in total. The van der Waals surface area contributed by atoms with Crippen LogP contribution in [0.25, 0.3) is 16.9 Å². The van der Waals surface area contributed by atoms with Crippen molar-refractivity contribution >= 4 is 17.4 Å². The summed E-state index contributed by atoms with van der Waals surface area (Å²) in [6.07, 6.45) is 4.36. The van der Waals surface area contributed by atoms with Crippen molar-refractivity contribution in [3.63, 3.8) is 0 Å². The van der Waals surface area contributed by atoms with E-state index in [0.717, 1.165) is 11.3 Å². The molecule has 0 aliphatic heterocycles. The Morgan fingerprint density at radius 3 is 3.00 bits per heavy atom. The number of rotatable bonds is 4. The lowest BCUT2D eigenvalue weighted by Gasteiger charge is -1.96. The van der Waals surface area contributed by atoms with Crippen LogP contribution in [0.3, 0.4) is 0 Å². The summed E-state index contributed by atoms with van der Waals surface area (Å²) in [4.78, 5) is 26.4. The molecule has 6 heteroatoms. The molecule has 0 saturated carbocycles. The molecule has 0 radical (unpaired) electrons. The minimum atomic E-state index is -1.18. The lowest BCUT2D eigenvalue weighted by Crippen LogP contribution is -2.05. The van der Waals surface area contributed by atoms with E-state index in [0.29, 0.717) is 5.56 Å². The van der Waals surface area contributed by atoms with Crippen LogP contribution in [0.15, 0.2) is 47.3 Å². The number of carboxylic acid groups (broad SMARTS) is 1. The van der Waals surface area contributed by atoms with Gasteiger partial charge in [0.25, 0.3) is 0 Å². The van der Waals surface area contributed by atoms with Gasteiger partial charge in [-0.3, -0.25) is 14.0 Å². The maximum Gasteiger partial charge on any atom is 0.311 e. The van der Waals surface area contributed by atoms with Gasteiger partial charge in [-0.05, 0) is 18.2 Å². The molecular formula is C14H10N2O4. The van der Waals surface area contributed by atoms with Crippen LogP contribution in [-0.2, 0) is 4.79 Å². The Hall–Kier alpha value is -2.89. The van der Waals surface area contributed by atoms with E-state index in [1.54, 1.807) is 6.20 Å². The Kier molecular flexibility index (Phi) is 2.83. The molecule has 3 heterocycles. The normalized spacial score (nSPS) is 10.8. The molecule has 0 spiro atoms. The van der Waals surface area contributed by atoms with Crippen molar-refractivity contribution in [3.8, 4) is 11.3 Å². The molecule has 0 fully saturated rings. The Labute approximate surface area is 113 Å². The number of carbonyl (C=O) groups excluding carboxylic acids is 1. The van der Waals surface area contributed by atoms with Gasteiger partial charge in [-0.25, -0.2) is 4.98 Å². The third-order valence-electron chi connectivity index (χ3n) is 2.90. The van der Waals surface area contributed by atoms with Gasteiger partial charge in [0.05, 0.1) is 11.9 Å². The summed E-state index contributed by atoms with van der Waals surface area (Å²) in [5.41, 5.74) is 2.23. The smallest absolute Gasteiger partial charge is 0.311 e. The highest BCUT2D eigenvalue weighted by Crippen LogP contribution is 2.23. The van der Waals surface area contributed by atoms with Crippen LogP contribution in [0.2, 0.25) is 0 Å². The molecule has 3 aromatic heterocycles. The van der Waals surface area contributed by atoms with Gasteiger partial charge in [-0.1, -0.05) is 6.07 Å². The van der Waals surface area contributed by atoms with E-state index in [2.05, 4.69) is 4.98 Å². The summed E-state index contributed by atoms with van der Waals surface area (Å²) in [7, 11) is 0. The Bertz CT molecular complexity index is 800. The largest absolute Gasteiger partial charge is 0.481 e. The summed E-state index contributed by atoms with van der Waals surface area (Å²) in [6, 6.07) is 7.14. The number of furan rings is 1. The number of Topliss-reactive ketones (excluding diaryl/α,β-unsaturated/α-hetero) is 1. The minimum Gasteiger partial charge on any atom is -0.481 e. The van der Waals surface area contributed by atoms with E-state index in [-0.39, 0.29) is 5.76 Å². The highest BCUT2D eigenvalue weighted by molar-refractivity contribution is 6.04. The summed E-state index contributed by atoms with van der Waals surface area (Å²) in [5.74, 6) is -1.70. The fraction of sp³-hybridized carbons (Fsp3) is 0.0714. The first-order valence-corrected chi connectivity index (χ1v) is 5.91. The lowest BCUT2D eigenvalue weighted by molar-refractivity contribution is -0.135. The van der Waals surface area contributed by atoms with Gasteiger partial charge in [0.15, 0.2) is 5.76 Å². The average molecular weight is 270 g/mol. The number of aliphatic carboxylic acids is 1. The molecule has 0 aliphatic carbocycles. The fourth-order valence-corrected chi connectivity index (χ4v) is 1.99. The van der Waals surface area contributed by atoms with Gasteiger partial charge < -0.3 is 9.52 Å². The molecule has 0 bridgehead atoms. The minimum absolute atomic E-state index is 0.0354. The summed E-state index contributed by atoms with van der Waals surface area (Å²) in [5, 5.41) is 8.60. The third-order valence-corrected chi connectivity index (χ3v) is 2.90. The van der Waals surface area contributed by atoms with Gasteiger partial charge in [0, 0.05) is 11.8 Å². The van der Waals surface area contributed by atoms with Crippen LogP contribution < -0.4 is 0 Å². The molecule has 0 aromatic carbocycles. The molecule has 100 valence electrons. The van der Waals surface area contributed by atoms with E-state index >= 15 is 0 Å². The first-order valence-electron chi connectivity index (χ1n) is 5.91. The fourth-order valence-electron chi connectivity index (χ4n) is 1.99. The van der Waals surface area contributed by atoms with Crippen LogP contribution >= 0.6 is 0 Å². The van der Waals surface area contributed by atoms with Gasteiger partial charge in [-0.15, -0.1) is 0 Å². The molecule has 0 unspecified atom stereocenters. The first kappa shape index (κ1) is 12.2. The molecule has 3 rings (SSSR count). The van der Waals surface area contributed by atoms with Crippen LogP contribution in [0, 0.1) is 0 Å². The van der Waals surface area contributed by atoms with Crippen molar-refractivity contribution in [3.05, 3.63) is 48.7 Å². The zero-order valence-electron chi connectivity index (χ0n) is 10.3. The van der Waals surface area contributed by atoms with Crippen molar-refractivity contribution in [2.24, 2.45) is 0 Å². The zero-order chi connectivity index (χ0) is 14.1. The molecular weight excluding hydrogens is 260 g/mol.